The summed E-state index contributed by atoms with van der Waals surface area (Å²) in [5, 5.41) is 3.29. The molecule has 7 heteroatoms. The van der Waals surface area contributed by atoms with E-state index in [1.54, 1.807) is 6.08 Å². The summed E-state index contributed by atoms with van der Waals surface area (Å²) in [5.74, 6) is 1.09. The number of thiocarbonyl (C=S) groups is 1. The van der Waals surface area contributed by atoms with Crippen LogP contribution >= 0.6 is 35.6 Å². The topological polar surface area (TPSA) is 47.6 Å². The highest BCUT2D eigenvalue weighted by atomic mass is 35.5. The van der Waals surface area contributed by atoms with Gasteiger partial charge in [0.05, 0.1) is 11.5 Å². The Kier molecular flexibility index (Phi) is 6.19. The van der Waals surface area contributed by atoms with Crippen LogP contribution < -0.4 is 14.8 Å². The molecule has 0 saturated carbocycles. The van der Waals surface area contributed by atoms with Crippen molar-refractivity contribution in [2.75, 3.05) is 6.61 Å². The van der Waals surface area contributed by atoms with Gasteiger partial charge in [-0.3, -0.25) is 4.79 Å². The fourth-order valence-corrected chi connectivity index (χ4v) is 3.49. The second kappa shape index (κ2) is 8.58. The molecule has 1 N–H and O–H groups in total. The molecule has 1 heterocycles. The van der Waals surface area contributed by atoms with Gasteiger partial charge >= 0.3 is 0 Å². The summed E-state index contributed by atoms with van der Waals surface area (Å²) in [5.41, 5.74) is 1.85. The number of hydrogen-bond acceptors (Lipinski definition) is 5. The zero-order valence-corrected chi connectivity index (χ0v) is 16.3. The van der Waals surface area contributed by atoms with E-state index >= 15 is 0 Å². The van der Waals surface area contributed by atoms with Crippen LogP contribution in [-0.2, 0) is 11.4 Å². The molecule has 3 rings (SSSR count). The molecule has 1 aliphatic rings. The summed E-state index contributed by atoms with van der Waals surface area (Å²) in [6.07, 6.45) is 1.78. The minimum atomic E-state index is -0.180. The molecule has 1 amide bonds. The number of nitrogens with one attached hydrogen (secondary N) is 1. The van der Waals surface area contributed by atoms with Gasteiger partial charge in [-0.1, -0.05) is 53.8 Å². The van der Waals surface area contributed by atoms with Gasteiger partial charge in [0.25, 0.3) is 5.91 Å². The van der Waals surface area contributed by atoms with Gasteiger partial charge in [-0.15, -0.1) is 0 Å². The maximum absolute atomic E-state index is 11.8. The largest absolute Gasteiger partial charge is 0.490 e. The van der Waals surface area contributed by atoms with Gasteiger partial charge in [0.15, 0.2) is 11.5 Å². The Morgan fingerprint density at radius 2 is 1.92 bits per heavy atom. The number of carbonyl (C=O) groups is 1. The maximum atomic E-state index is 11.8. The summed E-state index contributed by atoms with van der Waals surface area (Å²) in [4.78, 5) is 12.4. The van der Waals surface area contributed by atoms with E-state index in [0.29, 0.717) is 39.0 Å². The molecule has 4 nitrogen and oxygen atoms in total. The molecule has 0 spiro atoms. The third kappa shape index (κ3) is 4.78. The van der Waals surface area contributed by atoms with E-state index in [1.807, 2.05) is 49.4 Å². The second-order valence-electron chi connectivity index (χ2n) is 5.41. The summed E-state index contributed by atoms with van der Waals surface area (Å²) in [7, 11) is 0. The van der Waals surface area contributed by atoms with Crippen LogP contribution in [0.25, 0.3) is 6.08 Å². The Hall–Kier alpha value is -2.02. The van der Waals surface area contributed by atoms with Crippen LogP contribution in [0.2, 0.25) is 5.02 Å². The highest BCUT2D eigenvalue weighted by molar-refractivity contribution is 8.26. The number of thioether (sulfide) groups is 1. The molecule has 1 saturated heterocycles. The fraction of sp³-hybridized carbons (Fsp3) is 0.158. The zero-order chi connectivity index (χ0) is 18.5. The van der Waals surface area contributed by atoms with Crippen molar-refractivity contribution in [2.45, 2.75) is 13.5 Å². The molecule has 0 unspecified atom stereocenters. The van der Waals surface area contributed by atoms with Crippen LogP contribution in [0.3, 0.4) is 0 Å². The second-order valence-corrected chi connectivity index (χ2v) is 7.56. The van der Waals surface area contributed by atoms with E-state index in [-0.39, 0.29) is 5.91 Å². The highest BCUT2D eigenvalue weighted by Gasteiger charge is 2.22. The summed E-state index contributed by atoms with van der Waals surface area (Å²) >= 11 is 12.2. The molecule has 26 heavy (non-hydrogen) atoms. The van der Waals surface area contributed by atoms with Gasteiger partial charge < -0.3 is 14.8 Å². The molecular weight excluding hydrogens is 390 g/mol. The van der Waals surface area contributed by atoms with Gasteiger partial charge in [0.1, 0.15) is 10.9 Å². The number of amides is 1. The first kappa shape index (κ1) is 18.8. The van der Waals surface area contributed by atoms with Crippen LogP contribution in [0.1, 0.15) is 18.1 Å². The molecule has 0 radical (unpaired) electrons. The molecule has 2 aromatic rings. The lowest BCUT2D eigenvalue weighted by Gasteiger charge is -2.13. The van der Waals surface area contributed by atoms with Crippen LogP contribution in [0.4, 0.5) is 0 Å². The molecule has 0 bridgehead atoms. The number of ether oxygens (including phenoxy) is 2. The van der Waals surface area contributed by atoms with Gasteiger partial charge in [0.2, 0.25) is 0 Å². The summed E-state index contributed by atoms with van der Waals surface area (Å²) in [6.45, 7) is 2.83. The lowest BCUT2D eigenvalue weighted by Crippen LogP contribution is -2.17. The van der Waals surface area contributed by atoms with Crippen molar-refractivity contribution in [3.8, 4) is 11.5 Å². The van der Waals surface area contributed by atoms with E-state index in [9.17, 15) is 4.79 Å². The average molecular weight is 406 g/mol. The first-order valence-corrected chi connectivity index (χ1v) is 9.54. The SMILES string of the molecule is CCOc1cc(/C=C2\SC(=S)NC2=O)ccc1OCc1ccc(Cl)cc1. The number of benzene rings is 2. The molecular formula is C19H16ClNO3S2. The Bertz CT molecular complexity index is 866. The minimum absolute atomic E-state index is 0.180. The van der Waals surface area contributed by atoms with Crippen molar-refractivity contribution in [3.63, 3.8) is 0 Å². The van der Waals surface area contributed by atoms with Crippen molar-refractivity contribution in [1.29, 1.82) is 0 Å². The molecule has 0 aromatic heterocycles. The first-order valence-electron chi connectivity index (χ1n) is 7.94. The van der Waals surface area contributed by atoms with E-state index < -0.39 is 0 Å². The van der Waals surface area contributed by atoms with Gasteiger partial charge in [-0.2, -0.15) is 0 Å². The third-order valence-electron chi connectivity index (χ3n) is 3.52. The minimum Gasteiger partial charge on any atom is -0.490 e. The molecule has 1 aliphatic heterocycles. The Balaban J connectivity index is 1.78. The number of carbonyl (C=O) groups excluding carboxylic acids is 1. The molecule has 0 atom stereocenters. The van der Waals surface area contributed by atoms with Gasteiger partial charge in [-0.05, 0) is 48.4 Å². The van der Waals surface area contributed by atoms with Gasteiger partial charge in [-0.25, -0.2) is 0 Å². The maximum Gasteiger partial charge on any atom is 0.263 e. The monoisotopic (exact) mass is 405 g/mol. The van der Waals surface area contributed by atoms with Crippen molar-refractivity contribution in [1.82, 2.24) is 5.32 Å². The lowest BCUT2D eigenvalue weighted by molar-refractivity contribution is -0.115. The van der Waals surface area contributed by atoms with E-state index in [4.69, 9.17) is 33.3 Å². The Morgan fingerprint density at radius 1 is 1.15 bits per heavy atom. The van der Waals surface area contributed by atoms with Crippen molar-refractivity contribution in [2.24, 2.45) is 0 Å². The van der Waals surface area contributed by atoms with E-state index in [2.05, 4.69) is 5.32 Å². The first-order chi connectivity index (χ1) is 12.5. The highest BCUT2D eigenvalue weighted by Crippen LogP contribution is 2.32. The molecule has 1 fully saturated rings. The van der Waals surface area contributed by atoms with Gasteiger partial charge in [0, 0.05) is 5.02 Å². The number of hydrogen-bond donors (Lipinski definition) is 1. The molecule has 2 aromatic carbocycles. The fourth-order valence-electron chi connectivity index (χ4n) is 2.32. The standard InChI is InChI=1S/C19H16ClNO3S2/c1-2-23-16-9-13(10-17-18(22)21-19(25)26-17)5-8-15(16)24-11-12-3-6-14(20)7-4-12/h3-10H,2,11H2,1H3,(H,21,22,25)/b17-10-. The van der Waals surface area contributed by atoms with Crippen molar-refractivity contribution >= 4 is 51.9 Å². The van der Waals surface area contributed by atoms with E-state index in [0.717, 1.165) is 11.1 Å². The zero-order valence-electron chi connectivity index (χ0n) is 14.0. The number of halogens is 1. The Morgan fingerprint density at radius 3 is 2.58 bits per heavy atom. The predicted molar refractivity (Wildman–Crippen MR) is 110 cm³/mol. The molecule has 134 valence electrons. The van der Waals surface area contributed by atoms with Crippen molar-refractivity contribution < 1.29 is 14.3 Å². The summed E-state index contributed by atoms with van der Waals surface area (Å²) in [6, 6.07) is 13.1. The van der Waals surface area contributed by atoms with Crippen LogP contribution in [-0.4, -0.2) is 16.8 Å². The van der Waals surface area contributed by atoms with E-state index in [1.165, 1.54) is 11.8 Å². The van der Waals surface area contributed by atoms with Crippen molar-refractivity contribution in [3.05, 3.63) is 63.5 Å². The Labute approximate surface area is 166 Å². The summed E-state index contributed by atoms with van der Waals surface area (Å²) < 4.78 is 12.0. The number of rotatable bonds is 6. The van der Waals surface area contributed by atoms with Crippen LogP contribution in [0.15, 0.2) is 47.4 Å². The lowest BCUT2D eigenvalue weighted by atomic mass is 10.2. The normalized spacial score (nSPS) is 15.2. The predicted octanol–water partition coefficient (Wildman–Crippen LogP) is 4.81. The third-order valence-corrected chi connectivity index (χ3v) is 4.93. The quantitative estimate of drug-likeness (QED) is 0.552. The van der Waals surface area contributed by atoms with Crippen LogP contribution in [0, 0.1) is 0 Å². The molecule has 0 aliphatic carbocycles. The van der Waals surface area contributed by atoms with Crippen LogP contribution in [0.5, 0.6) is 11.5 Å². The smallest absolute Gasteiger partial charge is 0.263 e. The average Bonchev–Trinajstić information content (AvgIpc) is 2.93.